The third kappa shape index (κ3) is 2.72. The van der Waals surface area contributed by atoms with Gasteiger partial charge in [0.05, 0.1) is 13.2 Å². The molecule has 0 radical (unpaired) electrons. The minimum absolute atomic E-state index is 0.155. The number of hydrogen-bond donors (Lipinski definition) is 1. The van der Waals surface area contributed by atoms with E-state index in [1.165, 1.54) is 13.2 Å². The molecule has 0 saturated heterocycles. The molecular weight excluding hydrogens is 271 g/mol. The van der Waals surface area contributed by atoms with Crippen LogP contribution in [-0.2, 0) is 13.0 Å². The fraction of sp³-hybridized carbons (Fsp3) is 0.294. The van der Waals surface area contributed by atoms with Crippen molar-refractivity contribution in [3.8, 4) is 11.5 Å². The van der Waals surface area contributed by atoms with Crippen LogP contribution < -0.4 is 9.47 Å². The highest BCUT2D eigenvalue weighted by Crippen LogP contribution is 2.37. The van der Waals surface area contributed by atoms with Crippen LogP contribution in [0.3, 0.4) is 0 Å². The smallest absolute Gasteiger partial charge is 0.133 e. The Labute approximate surface area is 122 Å². The molecule has 2 aromatic rings. The van der Waals surface area contributed by atoms with Crippen LogP contribution in [0.1, 0.15) is 29.2 Å². The van der Waals surface area contributed by atoms with E-state index in [-0.39, 0.29) is 12.4 Å². The Morgan fingerprint density at radius 1 is 1.29 bits per heavy atom. The van der Waals surface area contributed by atoms with Crippen molar-refractivity contribution < 1.29 is 19.0 Å². The Kier molecular flexibility index (Phi) is 3.80. The van der Waals surface area contributed by atoms with E-state index in [4.69, 9.17) is 9.47 Å². The van der Waals surface area contributed by atoms with Gasteiger partial charge in [-0.15, -0.1) is 0 Å². The second kappa shape index (κ2) is 5.74. The normalized spacial score (nSPS) is 16.6. The van der Waals surface area contributed by atoms with Gasteiger partial charge in [-0.3, -0.25) is 0 Å². The standard InChI is InChI=1S/C17H17FO3/c1-20-12-6-5-11(15(18)9-12)10-21-17-4-2-3-13-14(17)7-8-16(13)19/h2-6,9,16,19H,7-8,10H2,1H3. The molecular formula is C17H17FO3. The first-order valence-corrected chi connectivity index (χ1v) is 6.94. The van der Waals surface area contributed by atoms with Crippen LogP contribution in [0.4, 0.5) is 4.39 Å². The first-order valence-electron chi connectivity index (χ1n) is 6.94. The molecule has 110 valence electrons. The summed E-state index contributed by atoms with van der Waals surface area (Å²) in [5.41, 5.74) is 2.42. The molecule has 1 N–H and O–H groups in total. The average Bonchev–Trinajstić information content (AvgIpc) is 2.88. The SMILES string of the molecule is COc1ccc(COc2cccc3c2CCC3O)c(F)c1. The highest BCUT2D eigenvalue weighted by molar-refractivity contribution is 5.44. The lowest BCUT2D eigenvalue weighted by molar-refractivity contribution is 0.180. The fourth-order valence-electron chi connectivity index (χ4n) is 2.66. The second-order valence-electron chi connectivity index (χ2n) is 5.12. The van der Waals surface area contributed by atoms with Crippen LogP contribution in [0.5, 0.6) is 11.5 Å². The molecule has 2 aromatic carbocycles. The topological polar surface area (TPSA) is 38.7 Å². The van der Waals surface area contributed by atoms with E-state index in [2.05, 4.69) is 0 Å². The van der Waals surface area contributed by atoms with Gasteiger partial charge in [0.25, 0.3) is 0 Å². The maximum atomic E-state index is 13.9. The summed E-state index contributed by atoms with van der Waals surface area (Å²) in [6.45, 7) is 0.155. The van der Waals surface area contributed by atoms with Gasteiger partial charge in [0.2, 0.25) is 0 Å². The maximum Gasteiger partial charge on any atom is 0.133 e. The van der Waals surface area contributed by atoms with Crippen molar-refractivity contribution >= 4 is 0 Å². The van der Waals surface area contributed by atoms with Crippen LogP contribution in [0.2, 0.25) is 0 Å². The van der Waals surface area contributed by atoms with Gasteiger partial charge >= 0.3 is 0 Å². The van der Waals surface area contributed by atoms with Crippen molar-refractivity contribution in [1.82, 2.24) is 0 Å². The number of fused-ring (bicyclic) bond motifs is 1. The van der Waals surface area contributed by atoms with Gasteiger partial charge in [0, 0.05) is 17.2 Å². The van der Waals surface area contributed by atoms with E-state index >= 15 is 0 Å². The Morgan fingerprint density at radius 2 is 2.14 bits per heavy atom. The van der Waals surface area contributed by atoms with Crippen molar-refractivity contribution in [1.29, 1.82) is 0 Å². The minimum Gasteiger partial charge on any atom is -0.497 e. The molecule has 0 spiro atoms. The van der Waals surface area contributed by atoms with Gasteiger partial charge in [-0.05, 0) is 36.6 Å². The Morgan fingerprint density at radius 3 is 2.90 bits per heavy atom. The number of benzene rings is 2. The predicted molar refractivity (Wildman–Crippen MR) is 77.0 cm³/mol. The first-order chi connectivity index (χ1) is 10.2. The lowest BCUT2D eigenvalue weighted by Crippen LogP contribution is -2.01. The van der Waals surface area contributed by atoms with Crippen molar-refractivity contribution in [2.24, 2.45) is 0 Å². The largest absolute Gasteiger partial charge is 0.497 e. The third-order valence-electron chi connectivity index (χ3n) is 3.84. The second-order valence-corrected chi connectivity index (χ2v) is 5.12. The van der Waals surface area contributed by atoms with Gasteiger partial charge in [0.15, 0.2) is 0 Å². The predicted octanol–water partition coefficient (Wildman–Crippen LogP) is 3.39. The molecule has 0 bridgehead atoms. The number of aliphatic hydroxyl groups is 1. The number of aliphatic hydroxyl groups excluding tert-OH is 1. The molecule has 0 saturated carbocycles. The van der Waals surface area contributed by atoms with Crippen LogP contribution in [0.15, 0.2) is 36.4 Å². The van der Waals surface area contributed by atoms with E-state index in [1.807, 2.05) is 18.2 Å². The van der Waals surface area contributed by atoms with Crippen molar-refractivity contribution in [3.63, 3.8) is 0 Å². The van der Waals surface area contributed by atoms with Crippen molar-refractivity contribution in [2.45, 2.75) is 25.6 Å². The van der Waals surface area contributed by atoms with Gasteiger partial charge in [-0.25, -0.2) is 4.39 Å². The van der Waals surface area contributed by atoms with E-state index < -0.39 is 6.10 Å². The summed E-state index contributed by atoms with van der Waals surface area (Å²) < 4.78 is 24.6. The van der Waals surface area contributed by atoms with Crippen LogP contribution in [-0.4, -0.2) is 12.2 Å². The highest BCUT2D eigenvalue weighted by Gasteiger charge is 2.23. The Hall–Kier alpha value is -2.07. The Bertz CT molecular complexity index is 654. The molecule has 3 rings (SSSR count). The molecule has 1 atom stereocenters. The fourth-order valence-corrected chi connectivity index (χ4v) is 2.66. The summed E-state index contributed by atoms with van der Waals surface area (Å²) in [5.74, 6) is 0.862. The van der Waals surface area contributed by atoms with E-state index in [0.29, 0.717) is 17.7 Å². The summed E-state index contributed by atoms with van der Waals surface area (Å²) in [7, 11) is 1.50. The summed E-state index contributed by atoms with van der Waals surface area (Å²) in [6, 6.07) is 10.3. The van der Waals surface area contributed by atoms with E-state index in [1.54, 1.807) is 12.1 Å². The molecule has 21 heavy (non-hydrogen) atoms. The van der Waals surface area contributed by atoms with E-state index in [0.717, 1.165) is 23.3 Å². The number of halogens is 1. The molecule has 0 aliphatic heterocycles. The molecule has 1 unspecified atom stereocenters. The summed E-state index contributed by atoms with van der Waals surface area (Å²) in [6.07, 6.45) is 1.09. The van der Waals surface area contributed by atoms with Crippen molar-refractivity contribution in [3.05, 3.63) is 58.9 Å². The monoisotopic (exact) mass is 288 g/mol. The number of methoxy groups -OCH3 is 1. The maximum absolute atomic E-state index is 13.9. The summed E-state index contributed by atoms with van der Waals surface area (Å²) in [5, 5.41) is 9.86. The summed E-state index contributed by atoms with van der Waals surface area (Å²) >= 11 is 0. The zero-order chi connectivity index (χ0) is 14.8. The van der Waals surface area contributed by atoms with Gasteiger partial charge in [0.1, 0.15) is 23.9 Å². The zero-order valence-electron chi connectivity index (χ0n) is 11.8. The highest BCUT2D eigenvalue weighted by atomic mass is 19.1. The number of hydrogen-bond acceptors (Lipinski definition) is 3. The molecule has 0 aromatic heterocycles. The molecule has 4 heteroatoms. The molecule has 0 heterocycles. The first kappa shape index (κ1) is 13.9. The van der Waals surface area contributed by atoms with Gasteiger partial charge in [-0.1, -0.05) is 12.1 Å². The molecule has 0 fully saturated rings. The Balaban J connectivity index is 1.77. The third-order valence-corrected chi connectivity index (χ3v) is 3.84. The number of rotatable bonds is 4. The average molecular weight is 288 g/mol. The molecule has 3 nitrogen and oxygen atoms in total. The number of ether oxygens (including phenoxy) is 2. The lowest BCUT2D eigenvalue weighted by atomic mass is 10.1. The molecule has 1 aliphatic rings. The zero-order valence-corrected chi connectivity index (χ0v) is 11.8. The van der Waals surface area contributed by atoms with Crippen LogP contribution in [0, 0.1) is 5.82 Å². The van der Waals surface area contributed by atoms with Crippen LogP contribution >= 0.6 is 0 Å². The molecule has 1 aliphatic carbocycles. The summed E-state index contributed by atoms with van der Waals surface area (Å²) in [4.78, 5) is 0. The van der Waals surface area contributed by atoms with E-state index in [9.17, 15) is 9.50 Å². The lowest BCUT2D eigenvalue weighted by Gasteiger charge is -2.12. The van der Waals surface area contributed by atoms with Crippen LogP contribution in [0.25, 0.3) is 0 Å². The minimum atomic E-state index is -0.415. The van der Waals surface area contributed by atoms with Crippen molar-refractivity contribution in [2.75, 3.05) is 7.11 Å². The van der Waals surface area contributed by atoms with Gasteiger partial charge in [-0.2, -0.15) is 0 Å². The van der Waals surface area contributed by atoms with Gasteiger partial charge < -0.3 is 14.6 Å². The quantitative estimate of drug-likeness (QED) is 0.937. The molecule has 0 amide bonds.